The summed E-state index contributed by atoms with van der Waals surface area (Å²) in [6.07, 6.45) is 0. The molecule has 0 saturated carbocycles. The Labute approximate surface area is 107 Å². The van der Waals surface area contributed by atoms with Gasteiger partial charge in [0.2, 0.25) is 0 Å². The van der Waals surface area contributed by atoms with Gasteiger partial charge in [-0.25, -0.2) is 4.79 Å². The van der Waals surface area contributed by atoms with E-state index in [0.29, 0.717) is 13.2 Å². The van der Waals surface area contributed by atoms with Crippen LogP contribution in [0.5, 0.6) is 0 Å². The van der Waals surface area contributed by atoms with Gasteiger partial charge in [0.15, 0.2) is 0 Å². The number of methoxy groups -OCH3 is 1. The summed E-state index contributed by atoms with van der Waals surface area (Å²) in [6.45, 7) is 5.18. The van der Waals surface area contributed by atoms with E-state index in [0.717, 1.165) is 11.3 Å². The maximum atomic E-state index is 11.5. The zero-order valence-corrected chi connectivity index (χ0v) is 11.1. The lowest BCUT2D eigenvalue weighted by Gasteiger charge is -2.09. The van der Waals surface area contributed by atoms with Crippen LogP contribution in [0, 0.1) is 13.8 Å². The Hall–Kier alpha value is -1.59. The van der Waals surface area contributed by atoms with Gasteiger partial charge in [-0.15, -0.1) is 0 Å². The SMILES string of the molecule is COCCOCNC(=O)Nc1ccc(C)c(C)c1. The van der Waals surface area contributed by atoms with Crippen molar-refractivity contribution >= 4 is 11.7 Å². The topological polar surface area (TPSA) is 59.6 Å². The van der Waals surface area contributed by atoms with Crippen LogP contribution in [-0.4, -0.2) is 33.1 Å². The van der Waals surface area contributed by atoms with Gasteiger partial charge in [-0.1, -0.05) is 6.07 Å². The van der Waals surface area contributed by atoms with Gasteiger partial charge in [-0.2, -0.15) is 0 Å². The molecule has 0 saturated heterocycles. The first-order chi connectivity index (χ1) is 8.63. The van der Waals surface area contributed by atoms with E-state index in [9.17, 15) is 4.79 Å². The van der Waals surface area contributed by atoms with E-state index in [1.54, 1.807) is 7.11 Å². The number of rotatable bonds is 6. The van der Waals surface area contributed by atoms with E-state index in [1.807, 2.05) is 32.0 Å². The van der Waals surface area contributed by atoms with Crippen molar-refractivity contribution in [3.8, 4) is 0 Å². The van der Waals surface area contributed by atoms with Crippen LogP contribution in [0.25, 0.3) is 0 Å². The molecule has 0 aliphatic rings. The second kappa shape index (κ2) is 7.68. The fourth-order valence-corrected chi connectivity index (χ4v) is 1.33. The predicted molar refractivity (Wildman–Crippen MR) is 70.8 cm³/mol. The van der Waals surface area contributed by atoms with E-state index < -0.39 is 0 Å². The Bertz CT molecular complexity index is 394. The zero-order chi connectivity index (χ0) is 13.4. The van der Waals surface area contributed by atoms with Crippen molar-refractivity contribution in [3.63, 3.8) is 0 Å². The van der Waals surface area contributed by atoms with Crippen LogP contribution in [-0.2, 0) is 9.47 Å². The van der Waals surface area contributed by atoms with Crippen molar-refractivity contribution in [1.29, 1.82) is 0 Å². The molecule has 0 spiro atoms. The number of benzene rings is 1. The lowest BCUT2D eigenvalue weighted by atomic mass is 10.1. The zero-order valence-electron chi connectivity index (χ0n) is 11.1. The molecule has 0 aromatic heterocycles. The number of amides is 2. The van der Waals surface area contributed by atoms with Crippen LogP contribution < -0.4 is 10.6 Å². The summed E-state index contributed by atoms with van der Waals surface area (Å²) in [6, 6.07) is 5.49. The second-order valence-electron chi connectivity index (χ2n) is 3.98. The molecule has 0 atom stereocenters. The number of hydrogen-bond donors (Lipinski definition) is 2. The summed E-state index contributed by atoms with van der Waals surface area (Å²) in [7, 11) is 1.60. The molecule has 0 unspecified atom stereocenters. The average molecular weight is 252 g/mol. The molecule has 0 heterocycles. The Morgan fingerprint density at radius 2 is 2.00 bits per heavy atom. The Kier molecular flexibility index (Phi) is 6.18. The molecule has 5 heteroatoms. The average Bonchev–Trinajstić information content (AvgIpc) is 2.34. The standard InChI is InChI=1S/C13H20N2O3/c1-10-4-5-12(8-11(10)2)15-13(16)14-9-18-7-6-17-3/h4-5,8H,6-7,9H2,1-3H3,(H2,14,15,16). The largest absolute Gasteiger partial charge is 0.382 e. The highest BCUT2D eigenvalue weighted by atomic mass is 16.5. The van der Waals surface area contributed by atoms with Gasteiger partial charge >= 0.3 is 6.03 Å². The van der Waals surface area contributed by atoms with Gasteiger partial charge in [0.1, 0.15) is 6.73 Å². The van der Waals surface area contributed by atoms with Crippen molar-refractivity contribution in [1.82, 2.24) is 5.32 Å². The van der Waals surface area contributed by atoms with Crippen molar-refractivity contribution in [2.75, 3.05) is 32.4 Å². The Morgan fingerprint density at radius 3 is 2.67 bits per heavy atom. The molecule has 0 aliphatic carbocycles. The molecule has 0 aliphatic heterocycles. The fraction of sp³-hybridized carbons (Fsp3) is 0.462. The Morgan fingerprint density at radius 1 is 1.22 bits per heavy atom. The molecular weight excluding hydrogens is 232 g/mol. The van der Waals surface area contributed by atoms with Crippen molar-refractivity contribution < 1.29 is 14.3 Å². The molecule has 1 aromatic carbocycles. The number of urea groups is 1. The van der Waals surface area contributed by atoms with E-state index in [4.69, 9.17) is 9.47 Å². The highest BCUT2D eigenvalue weighted by molar-refractivity contribution is 5.89. The van der Waals surface area contributed by atoms with Crippen LogP contribution in [0.2, 0.25) is 0 Å². The number of ether oxygens (including phenoxy) is 2. The van der Waals surface area contributed by atoms with Gasteiger partial charge in [0.05, 0.1) is 13.2 Å². The maximum absolute atomic E-state index is 11.5. The minimum absolute atomic E-state index is 0.167. The first kappa shape index (κ1) is 14.5. The third kappa shape index (κ3) is 5.16. The molecule has 0 fully saturated rings. The summed E-state index contributed by atoms with van der Waals surface area (Å²) < 4.78 is 9.94. The van der Waals surface area contributed by atoms with Crippen LogP contribution in [0.3, 0.4) is 0 Å². The van der Waals surface area contributed by atoms with Gasteiger partial charge in [-0.3, -0.25) is 0 Å². The molecular formula is C13H20N2O3. The predicted octanol–water partition coefficient (Wildman–Crippen LogP) is 2.05. The fourth-order valence-electron chi connectivity index (χ4n) is 1.33. The van der Waals surface area contributed by atoms with Crippen molar-refractivity contribution in [3.05, 3.63) is 29.3 Å². The highest BCUT2D eigenvalue weighted by Crippen LogP contribution is 2.13. The highest BCUT2D eigenvalue weighted by Gasteiger charge is 2.01. The number of aryl methyl sites for hydroxylation is 2. The lowest BCUT2D eigenvalue weighted by Crippen LogP contribution is -2.31. The number of hydrogen-bond acceptors (Lipinski definition) is 3. The molecule has 2 N–H and O–H groups in total. The van der Waals surface area contributed by atoms with E-state index in [-0.39, 0.29) is 12.8 Å². The minimum Gasteiger partial charge on any atom is -0.382 e. The third-order valence-electron chi connectivity index (χ3n) is 2.53. The van der Waals surface area contributed by atoms with Gasteiger partial charge < -0.3 is 20.1 Å². The summed E-state index contributed by atoms with van der Waals surface area (Å²) in [4.78, 5) is 11.5. The molecule has 1 rings (SSSR count). The van der Waals surface area contributed by atoms with Crippen molar-refractivity contribution in [2.24, 2.45) is 0 Å². The van der Waals surface area contributed by atoms with Crippen LogP contribution in [0.15, 0.2) is 18.2 Å². The lowest BCUT2D eigenvalue weighted by molar-refractivity contribution is 0.0650. The monoisotopic (exact) mass is 252 g/mol. The summed E-state index contributed by atoms with van der Waals surface area (Å²) >= 11 is 0. The van der Waals surface area contributed by atoms with Crippen molar-refractivity contribution in [2.45, 2.75) is 13.8 Å². The van der Waals surface area contributed by atoms with Gasteiger partial charge in [-0.05, 0) is 37.1 Å². The van der Waals surface area contributed by atoms with Crippen LogP contribution >= 0.6 is 0 Å². The molecule has 1 aromatic rings. The van der Waals surface area contributed by atoms with Crippen LogP contribution in [0.1, 0.15) is 11.1 Å². The quantitative estimate of drug-likeness (QED) is 0.601. The summed E-state index contributed by atoms with van der Waals surface area (Å²) in [5.74, 6) is 0. The molecule has 18 heavy (non-hydrogen) atoms. The molecule has 0 bridgehead atoms. The maximum Gasteiger partial charge on any atom is 0.321 e. The van der Waals surface area contributed by atoms with Gasteiger partial charge in [0, 0.05) is 12.8 Å². The number of carbonyl (C=O) groups is 1. The van der Waals surface area contributed by atoms with Crippen LogP contribution in [0.4, 0.5) is 10.5 Å². The normalized spacial score (nSPS) is 10.2. The number of anilines is 1. The Balaban J connectivity index is 2.29. The number of carbonyl (C=O) groups excluding carboxylic acids is 1. The first-order valence-electron chi connectivity index (χ1n) is 5.82. The molecule has 0 radical (unpaired) electrons. The minimum atomic E-state index is -0.282. The van der Waals surface area contributed by atoms with Gasteiger partial charge in [0.25, 0.3) is 0 Å². The second-order valence-corrected chi connectivity index (χ2v) is 3.98. The molecule has 100 valence electrons. The third-order valence-corrected chi connectivity index (χ3v) is 2.53. The van der Waals surface area contributed by atoms with E-state index in [2.05, 4.69) is 10.6 Å². The number of nitrogens with one attached hydrogen (secondary N) is 2. The molecule has 5 nitrogen and oxygen atoms in total. The summed E-state index contributed by atoms with van der Waals surface area (Å²) in [5.41, 5.74) is 3.11. The smallest absolute Gasteiger partial charge is 0.321 e. The molecule has 2 amide bonds. The van der Waals surface area contributed by atoms with E-state index >= 15 is 0 Å². The van der Waals surface area contributed by atoms with E-state index in [1.165, 1.54) is 5.56 Å². The first-order valence-corrected chi connectivity index (χ1v) is 5.82. The summed E-state index contributed by atoms with van der Waals surface area (Å²) in [5, 5.41) is 5.34.